The predicted octanol–water partition coefficient (Wildman–Crippen LogP) is 7.48. The number of halogens is 1. The summed E-state index contributed by atoms with van der Waals surface area (Å²) in [7, 11) is -2.30. The molecule has 0 radical (unpaired) electrons. The molecule has 1 amide bonds. The summed E-state index contributed by atoms with van der Waals surface area (Å²) in [5, 5.41) is 13.7. The van der Waals surface area contributed by atoms with Crippen molar-refractivity contribution in [3.8, 4) is 39.8 Å². The van der Waals surface area contributed by atoms with Gasteiger partial charge >= 0.3 is 0 Å². The number of carbonyl (C=O) groups excluding carboxylic acids is 1. The van der Waals surface area contributed by atoms with Gasteiger partial charge in [0, 0.05) is 52.3 Å². The highest BCUT2D eigenvalue weighted by Crippen LogP contribution is 2.45. The summed E-state index contributed by atoms with van der Waals surface area (Å²) in [6.07, 6.45) is 1.96. The molecular formula is C36H29FN4O4S. The number of hydrogen-bond donors (Lipinski definition) is 2. The van der Waals surface area contributed by atoms with Crippen LogP contribution in [0, 0.1) is 23.1 Å². The van der Waals surface area contributed by atoms with Crippen molar-refractivity contribution >= 4 is 43.5 Å². The van der Waals surface area contributed by atoms with E-state index in [9.17, 15) is 22.9 Å². The van der Waals surface area contributed by atoms with Crippen LogP contribution in [-0.4, -0.2) is 38.7 Å². The Bertz CT molecular complexity index is 2260. The van der Waals surface area contributed by atoms with Crippen LogP contribution in [0.3, 0.4) is 0 Å². The van der Waals surface area contributed by atoms with Crippen molar-refractivity contribution < 1.29 is 22.0 Å². The molecule has 46 heavy (non-hydrogen) atoms. The van der Waals surface area contributed by atoms with E-state index in [4.69, 9.17) is 4.42 Å². The molecule has 1 aliphatic rings. The van der Waals surface area contributed by atoms with Crippen LogP contribution in [0.25, 0.3) is 55.6 Å². The molecule has 2 N–H and O–H groups in total. The first-order valence-corrected chi connectivity index (χ1v) is 16.7. The smallest absolute Gasteiger partial charge is 0.255 e. The first-order chi connectivity index (χ1) is 22.1. The molecule has 10 heteroatoms. The highest BCUT2D eigenvalue weighted by Gasteiger charge is 2.39. The summed E-state index contributed by atoms with van der Waals surface area (Å²) in [5.74, 6) is -0.830. The van der Waals surface area contributed by atoms with Crippen LogP contribution in [0.4, 0.5) is 10.1 Å². The zero-order valence-corrected chi connectivity index (χ0v) is 25.9. The number of anilines is 1. The fraction of sp³-hybridized carbons (Fsp3) is 0.167. The van der Waals surface area contributed by atoms with Crippen molar-refractivity contribution in [3.63, 3.8) is 0 Å². The Kier molecular flexibility index (Phi) is 7.13. The lowest BCUT2D eigenvalue weighted by atomic mass is 9.81. The monoisotopic (exact) mass is 632 g/mol. The van der Waals surface area contributed by atoms with Gasteiger partial charge in [0.1, 0.15) is 17.2 Å². The fourth-order valence-electron chi connectivity index (χ4n) is 6.31. The Morgan fingerprint density at radius 3 is 2.41 bits per heavy atom. The normalized spacial score (nSPS) is 16.2. The standard InChI is InChI=1S/C36H29FN4O4S/c1-39-36(42)34-29-18-28(23-7-5-8-24(16-23)31-17-25-6-3-4-9-30(25)40-31)32(41(46(2,43)44)27-14-21(15-27)20-38)19-33(29)45-35(34)22-10-12-26(37)13-11-22/h3-13,16-19,21,27,40H,14-15H2,1-2H3,(H,39,42). The molecule has 1 saturated carbocycles. The number of aromatic amines is 1. The number of hydrogen-bond acceptors (Lipinski definition) is 5. The van der Waals surface area contributed by atoms with Gasteiger partial charge < -0.3 is 14.7 Å². The Morgan fingerprint density at radius 1 is 0.978 bits per heavy atom. The van der Waals surface area contributed by atoms with Crippen LogP contribution in [0.1, 0.15) is 23.2 Å². The number of aromatic nitrogens is 1. The average Bonchev–Trinajstić information content (AvgIpc) is 3.63. The minimum Gasteiger partial charge on any atom is -0.455 e. The Hall–Kier alpha value is -5.40. The van der Waals surface area contributed by atoms with E-state index in [-0.39, 0.29) is 17.2 Å². The number of carbonyl (C=O) groups is 1. The maximum absolute atomic E-state index is 13.8. The molecular weight excluding hydrogens is 603 g/mol. The topological polar surface area (TPSA) is 119 Å². The van der Waals surface area contributed by atoms with Gasteiger partial charge in [-0.15, -0.1) is 0 Å². The second-order valence-electron chi connectivity index (χ2n) is 11.6. The number of amides is 1. The van der Waals surface area contributed by atoms with Gasteiger partial charge in [-0.3, -0.25) is 9.10 Å². The Morgan fingerprint density at radius 2 is 1.72 bits per heavy atom. The van der Waals surface area contributed by atoms with E-state index in [1.807, 2.05) is 48.5 Å². The highest BCUT2D eigenvalue weighted by molar-refractivity contribution is 7.92. The minimum absolute atomic E-state index is 0.236. The number of nitrogens with one attached hydrogen (secondary N) is 2. The van der Waals surface area contributed by atoms with Crippen molar-refractivity contribution in [2.24, 2.45) is 5.92 Å². The molecule has 0 spiro atoms. The number of furan rings is 1. The summed E-state index contributed by atoms with van der Waals surface area (Å²) in [5.41, 5.74) is 5.52. The quantitative estimate of drug-likeness (QED) is 0.189. The minimum atomic E-state index is -3.81. The van der Waals surface area contributed by atoms with Crippen LogP contribution >= 0.6 is 0 Å². The molecule has 8 nitrogen and oxygen atoms in total. The van der Waals surface area contributed by atoms with E-state index in [0.717, 1.165) is 34.0 Å². The second-order valence-corrected chi connectivity index (χ2v) is 13.5. The SMILES string of the molecule is CNC(=O)c1c(-c2ccc(F)cc2)oc2cc(N(C3CC(C#N)C3)S(C)(=O)=O)c(-c3cccc(-c4cc5ccccc5[nH]4)c3)cc12. The molecule has 7 rings (SSSR count). The van der Waals surface area contributed by atoms with Gasteiger partial charge in [0.2, 0.25) is 10.0 Å². The van der Waals surface area contributed by atoms with Crippen molar-refractivity contribution in [2.75, 3.05) is 17.6 Å². The van der Waals surface area contributed by atoms with E-state index in [1.54, 1.807) is 12.1 Å². The van der Waals surface area contributed by atoms with E-state index in [0.29, 0.717) is 40.6 Å². The van der Waals surface area contributed by atoms with Crippen molar-refractivity contribution in [1.29, 1.82) is 5.26 Å². The first kappa shape index (κ1) is 29.3. The summed E-state index contributed by atoms with van der Waals surface area (Å²) >= 11 is 0. The van der Waals surface area contributed by atoms with E-state index in [1.165, 1.54) is 35.6 Å². The number of H-pyrrole nitrogens is 1. The molecule has 0 unspecified atom stereocenters. The van der Waals surface area contributed by atoms with Crippen molar-refractivity contribution in [3.05, 3.63) is 102 Å². The summed E-state index contributed by atoms with van der Waals surface area (Å²) in [6.45, 7) is 0. The largest absolute Gasteiger partial charge is 0.455 e. The molecule has 1 fully saturated rings. The zero-order valence-electron chi connectivity index (χ0n) is 25.0. The number of nitrogens with zero attached hydrogens (tertiary/aromatic N) is 2. The van der Waals surface area contributed by atoms with Crippen LogP contribution in [-0.2, 0) is 10.0 Å². The third kappa shape index (κ3) is 5.08. The maximum atomic E-state index is 13.8. The lowest BCUT2D eigenvalue weighted by molar-refractivity contribution is 0.0964. The van der Waals surface area contributed by atoms with Gasteiger partial charge in [-0.2, -0.15) is 5.26 Å². The molecule has 0 aliphatic heterocycles. The number of sulfonamides is 1. The van der Waals surface area contributed by atoms with Gasteiger partial charge in [0.05, 0.1) is 29.5 Å². The summed E-state index contributed by atoms with van der Waals surface area (Å²) < 4.78 is 48.4. The van der Waals surface area contributed by atoms with Crippen LogP contribution < -0.4 is 9.62 Å². The molecule has 4 aromatic carbocycles. The third-order valence-corrected chi connectivity index (χ3v) is 9.81. The molecule has 0 atom stereocenters. The van der Waals surface area contributed by atoms with Crippen LogP contribution in [0.2, 0.25) is 0 Å². The Labute approximate surface area is 265 Å². The number of rotatable bonds is 7. The molecule has 230 valence electrons. The van der Waals surface area contributed by atoms with E-state index < -0.39 is 27.8 Å². The molecule has 0 saturated heterocycles. The van der Waals surface area contributed by atoms with Gasteiger partial charge in [-0.25, -0.2) is 12.8 Å². The summed E-state index contributed by atoms with van der Waals surface area (Å²) in [4.78, 5) is 16.8. The first-order valence-electron chi connectivity index (χ1n) is 14.8. The zero-order chi connectivity index (χ0) is 32.2. The van der Waals surface area contributed by atoms with Gasteiger partial charge in [-0.1, -0.05) is 36.4 Å². The third-order valence-electron chi connectivity index (χ3n) is 8.60. The van der Waals surface area contributed by atoms with Gasteiger partial charge in [0.15, 0.2) is 0 Å². The van der Waals surface area contributed by atoms with Crippen LogP contribution in [0.5, 0.6) is 0 Å². The predicted molar refractivity (Wildman–Crippen MR) is 177 cm³/mol. The van der Waals surface area contributed by atoms with Gasteiger partial charge in [-0.05, 0) is 72.5 Å². The Balaban J connectivity index is 1.48. The fourth-order valence-corrected chi connectivity index (χ4v) is 7.54. The molecule has 6 aromatic rings. The molecule has 2 heterocycles. The van der Waals surface area contributed by atoms with Crippen molar-refractivity contribution in [2.45, 2.75) is 18.9 Å². The number of benzene rings is 4. The molecule has 0 bridgehead atoms. The van der Waals surface area contributed by atoms with Crippen molar-refractivity contribution in [1.82, 2.24) is 10.3 Å². The van der Waals surface area contributed by atoms with E-state index in [2.05, 4.69) is 22.4 Å². The number of nitriles is 1. The number of para-hydroxylation sites is 1. The lowest BCUT2D eigenvalue weighted by Crippen LogP contribution is -2.47. The van der Waals surface area contributed by atoms with Crippen LogP contribution in [0.15, 0.2) is 95.4 Å². The lowest BCUT2D eigenvalue weighted by Gasteiger charge is -2.40. The molecule has 1 aliphatic carbocycles. The number of fused-ring (bicyclic) bond motifs is 2. The highest BCUT2D eigenvalue weighted by atomic mass is 32.2. The maximum Gasteiger partial charge on any atom is 0.255 e. The van der Waals surface area contributed by atoms with Gasteiger partial charge in [0.25, 0.3) is 5.91 Å². The molecule has 2 aromatic heterocycles. The second kappa shape index (κ2) is 11.2. The van der Waals surface area contributed by atoms with E-state index >= 15 is 0 Å². The average molecular weight is 633 g/mol. The summed E-state index contributed by atoms with van der Waals surface area (Å²) in [6, 6.07) is 28.7.